The Morgan fingerprint density at radius 3 is 2.79 bits per heavy atom. The zero-order chi connectivity index (χ0) is 16.9. The summed E-state index contributed by atoms with van der Waals surface area (Å²) in [7, 11) is 0. The lowest BCUT2D eigenvalue weighted by atomic mass is 10.1. The molecule has 0 saturated carbocycles. The summed E-state index contributed by atoms with van der Waals surface area (Å²) in [6, 6.07) is 13.4. The van der Waals surface area contributed by atoms with Crippen LogP contribution in [-0.4, -0.2) is 23.3 Å². The lowest BCUT2D eigenvalue weighted by molar-refractivity contribution is -0.114. The maximum atomic E-state index is 12.2. The quantitative estimate of drug-likeness (QED) is 0.750. The molecule has 2 heterocycles. The van der Waals surface area contributed by atoms with Gasteiger partial charge in [0.05, 0.1) is 15.4 Å². The van der Waals surface area contributed by atoms with Crippen molar-refractivity contribution < 1.29 is 9.59 Å². The third kappa shape index (κ3) is 3.78. The van der Waals surface area contributed by atoms with Crippen molar-refractivity contribution in [2.45, 2.75) is 13.3 Å². The van der Waals surface area contributed by atoms with Gasteiger partial charge in [0.15, 0.2) is 0 Å². The second kappa shape index (κ2) is 7.23. The van der Waals surface area contributed by atoms with E-state index in [1.165, 1.54) is 18.3 Å². The van der Waals surface area contributed by atoms with Gasteiger partial charge < -0.3 is 10.6 Å². The molecule has 5 nitrogen and oxygen atoms in total. The maximum absolute atomic E-state index is 12.2. The summed E-state index contributed by atoms with van der Waals surface area (Å²) >= 11 is 1.26. The van der Waals surface area contributed by atoms with Crippen molar-refractivity contribution in [2.24, 2.45) is 0 Å². The van der Waals surface area contributed by atoms with Crippen LogP contribution in [0.2, 0.25) is 0 Å². The largest absolute Gasteiger partial charge is 0.351 e. The first-order valence-corrected chi connectivity index (χ1v) is 8.43. The standard InChI is InChI=1S/C18H17N3O2S/c1-12(22)21-16-8-7-15(24-16)18(23)20-11-9-14-5-2-4-13-6-3-10-19-17(13)14/h2-8,10H,9,11H2,1H3,(H,20,23)(H,21,22). The van der Waals surface area contributed by atoms with E-state index in [9.17, 15) is 9.59 Å². The number of amides is 2. The summed E-state index contributed by atoms with van der Waals surface area (Å²) in [5, 5.41) is 7.35. The summed E-state index contributed by atoms with van der Waals surface area (Å²) in [6.45, 7) is 1.97. The average molecular weight is 339 g/mol. The molecule has 0 aliphatic rings. The van der Waals surface area contributed by atoms with Gasteiger partial charge in [-0.2, -0.15) is 0 Å². The number of nitrogens with one attached hydrogen (secondary N) is 2. The van der Waals surface area contributed by atoms with Crippen molar-refractivity contribution in [2.75, 3.05) is 11.9 Å². The molecule has 3 aromatic rings. The van der Waals surface area contributed by atoms with Crippen molar-refractivity contribution >= 4 is 39.1 Å². The Morgan fingerprint density at radius 1 is 1.12 bits per heavy atom. The van der Waals surface area contributed by atoms with Crippen LogP contribution in [0.1, 0.15) is 22.2 Å². The van der Waals surface area contributed by atoms with Gasteiger partial charge in [0.2, 0.25) is 5.91 Å². The SMILES string of the molecule is CC(=O)Nc1ccc(C(=O)NCCc2cccc3cccnc23)s1. The lowest BCUT2D eigenvalue weighted by Gasteiger charge is -2.06. The molecule has 122 valence electrons. The number of carbonyl (C=O) groups excluding carboxylic acids is 2. The first-order chi connectivity index (χ1) is 11.6. The van der Waals surface area contributed by atoms with Crippen LogP contribution >= 0.6 is 11.3 Å². The number of carbonyl (C=O) groups is 2. The molecule has 0 atom stereocenters. The number of aromatic nitrogens is 1. The van der Waals surface area contributed by atoms with Crippen LogP contribution in [-0.2, 0) is 11.2 Å². The Labute approximate surface area is 143 Å². The Morgan fingerprint density at radius 2 is 1.96 bits per heavy atom. The van der Waals surface area contributed by atoms with E-state index < -0.39 is 0 Å². The van der Waals surface area contributed by atoms with Gasteiger partial charge >= 0.3 is 0 Å². The number of thiophene rings is 1. The minimum Gasteiger partial charge on any atom is -0.351 e. The highest BCUT2D eigenvalue weighted by Crippen LogP contribution is 2.21. The fraction of sp³-hybridized carbons (Fsp3) is 0.167. The van der Waals surface area contributed by atoms with Crippen molar-refractivity contribution in [1.82, 2.24) is 10.3 Å². The molecular formula is C18H17N3O2S. The first kappa shape index (κ1) is 16.1. The first-order valence-electron chi connectivity index (χ1n) is 7.62. The number of fused-ring (bicyclic) bond motifs is 1. The summed E-state index contributed by atoms with van der Waals surface area (Å²) in [4.78, 5) is 28.2. The molecule has 0 aliphatic carbocycles. The Bertz CT molecular complexity index is 883. The molecule has 0 fully saturated rings. The summed E-state index contributed by atoms with van der Waals surface area (Å²) < 4.78 is 0. The summed E-state index contributed by atoms with van der Waals surface area (Å²) in [5.74, 6) is -0.280. The molecule has 3 rings (SSSR count). The number of hydrogen-bond donors (Lipinski definition) is 2. The predicted molar refractivity (Wildman–Crippen MR) is 96.4 cm³/mol. The summed E-state index contributed by atoms with van der Waals surface area (Å²) in [5.41, 5.74) is 2.08. The van der Waals surface area contributed by atoms with Crippen molar-refractivity contribution in [3.63, 3.8) is 0 Å². The molecule has 0 aliphatic heterocycles. The molecule has 2 N–H and O–H groups in total. The van der Waals surface area contributed by atoms with Gasteiger partial charge in [-0.15, -0.1) is 11.3 Å². The van der Waals surface area contributed by atoms with E-state index in [-0.39, 0.29) is 11.8 Å². The van der Waals surface area contributed by atoms with E-state index in [1.807, 2.05) is 30.3 Å². The highest BCUT2D eigenvalue weighted by molar-refractivity contribution is 7.18. The van der Waals surface area contributed by atoms with Gasteiger partial charge in [-0.25, -0.2) is 0 Å². The van der Waals surface area contributed by atoms with Crippen LogP contribution in [0, 0.1) is 0 Å². The Balaban J connectivity index is 1.60. The molecule has 6 heteroatoms. The molecule has 0 unspecified atom stereocenters. The van der Waals surface area contributed by atoms with Crippen LogP contribution in [0.4, 0.5) is 5.00 Å². The number of benzene rings is 1. The fourth-order valence-electron chi connectivity index (χ4n) is 2.47. The monoisotopic (exact) mass is 339 g/mol. The number of pyridine rings is 1. The number of nitrogens with zero attached hydrogens (tertiary/aromatic N) is 1. The smallest absolute Gasteiger partial charge is 0.261 e. The van der Waals surface area contributed by atoms with Gasteiger partial charge in [-0.05, 0) is 30.2 Å². The van der Waals surface area contributed by atoms with Gasteiger partial charge in [0.25, 0.3) is 5.91 Å². The van der Waals surface area contributed by atoms with Gasteiger partial charge in [-0.3, -0.25) is 14.6 Å². The molecule has 0 spiro atoms. The average Bonchev–Trinajstić information content (AvgIpc) is 3.03. The molecule has 1 aromatic carbocycles. The molecule has 0 saturated heterocycles. The molecule has 24 heavy (non-hydrogen) atoms. The van der Waals surface area contributed by atoms with E-state index >= 15 is 0 Å². The third-order valence-electron chi connectivity index (χ3n) is 3.53. The van der Waals surface area contributed by atoms with E-state index in [1.54, 1.807) is 18.3 Å². The topological polar surface area (TPSA) is 71.1 Å². The van der Waals surface area contributed by atoms with E-state index in [0.717, 1.165) is 16.5 Å². The zero-order valence-electron chi connectivity index (χ0n) is 13.2. The Hall–Kier alpha value is -2.73. The second-order valence-corrected chi connectivity index (χ2v) is 6.43. The van der Waals surface area contributed by atoms with E-state index in [4.69, 9.17) is 0 Å². The van der Waals surface area contributed by atoms with Gasteiger partial charge in [0, 0.05) is 25.1 Å². The van der Waals surface area contributed by atoms with Crippen LogP contribution in [0.5, 0.6) is 0 Å². The zero-order valence-corrected chi connectivity index (χ0v) is 14.0. The number of para-hydroxylation sites is 1. The predicted octanol–water partition coefficient (Wildman–Crippen LogP) is 3.23. The molecule has 2 amide bonds. The van der Waals surface area contributed by atoms with E-state index in [0.29, 0.717) is 22.8 Å². The van der Waals surface area contributed by atoms with E-state index in [2.05, 4.69) is 15.6 Å². The fourth-order valence-corrected chi connectivity index (χ4v) is 3.34. The van der Waals surface area contributed by atoms with Crippen LogP contribution in [0.15, 0.2) is 48.7 Å². The molecule has 2 aromatic heterocycles. The normalized spacial score (nSPS) is 10.5. The van der Waals surface area contributed by atoms with Crippen LogP contribution in [0.25, 0.3) is 10.9 Å². The number of anilines is 1. The van der Waals surface area contributed by atoms with Crippen molar-refractivity contribution in [3.8, 4) is 0 Å². The minimum atomic E-state index is -0.146. The number of rotatable bonds is 5. The molecule has 0 bridgehead atoms. The summed E-state index contributed by atoms with van der Waals surface area (Å²) in [6.07, 6.45) is 2.49. The maximum Gasteiger partial charge on any atom is 0.261 e. The number of hydrogen-bond acceptors (Lipinski definition) is 4. The molecule has 0 radical (unpaired) electrons. The van der Waals surface area contributed by atoms with Crippen molar-refractivity contribution in [3.05, 3.63) is 59.1 Å². The Kier molecular flexibility index (Phi) is 4.86. The molecular weight excluding hydrogens is 322 g/mol. The van der Waals surface area contributed by atoms with Crippen molar-refractivity contribution in [1.29, 1.82) is 0 Å². The second-order valence-electron chi connectivity index (χ2n) is 5.34. The lowest BCUT2D eigenvalue weighted by Crippen LogP contribution is -2.24. The minimum absolute atomic E-state index is 0.134. The highest BCUT2D eigenvalue weighted by Gasteiger charge is 2.10. The van der Waals surface area contributed by atoms with Gasteiger partial charge in [-0.1, -0.05) is 24.3 Å². The third-order valence-corrected chi connectivity index (χ3v) is 4.52. The van der Waals surface area contributed by atoms with Crippen LogP contribution in [0.3, 0.4) is 0 Å². The van der Waals surface area contributed by atoms with Gasteiger partial charge in [0.1, 0.15) is 0 Å². The van der Waals surface area contributed by atoms with Crippen LogP contribution < -0.4 is 10.6 Å². The highest BCUT2D eigenvalue weighted by atomic mass is 32.1.